The topological polar surface area (TPSA) is 89.3 Å². The van der Waals surface area contributed by atoms with E-state index in [2.05, 4.69) is 28.2 Å². The van der Waals surface area contributed by atoms with Crippen LogP contribution in [-0.2, 0) is 11.3 Å². The minimum absolute atomic E-state index is 0.128. The van der Waals surface area contributed by atoms with Crippen LogP contribution in [0.15, 0.2) is 66.7 Å². The summed E-state index contributed by atoms with van der Waals surface area (Å²) in [5.41, 5.74) is 9.16. The molecule has 1 aromatic heterocycles. The summed E-state index contributed by atoms with van der Waals surface area (Å²) in [5, 5.41) is 6.70. The number of carbonyl (C=O) groups is 1. The summed E-state index contributed by atoms with van der Waals surface area (Å²) in [6.45, 7) is 2.49. The molecule has 0 saturated heterocycles. The van der Waals surface area contributed by atoms with Gasteiger partial charge in [0, 0.05) is 35.5 Å². The van der Waals surface area contributed by atoms with Crippen LogP contribution in [0.3, 0.4) is 0 Å². The van der Waals surface area contributed by atoms with Crippen molar-refractivity contribution in [2.24, 2.45) is 5.73 Å². The van der Waals surface area contributed by atoms with E-state index in [1.807, 2.05) is 60.7 Å². The fourth-order valence-electron chi connectivity index (χ4n) is 2.93. The van der Waals surface area contributed by atoms with Crippen LogP contribution in [0.2, 0.25) is 5.02 Å². The summed E-state index contributed by atoms with van der Waals surface area (Å²) in [6, 6.07) is 20.8. The average molecular weight is 471 g/mol. The number of amides is 1. The molecule has 1 heterocycles. The van der Waals surface area contributed by atoms with Crippen molar-refractivity contribution in [3.05, 3.63) is 77.3 Å². The first-order valence-electron chi connectivity index (χ1n) is 10.3. The zero-order valence-corrected chi connectivity index (χ0v) is 19.4. The first kappa shape index (κ1) is 23.9. The van der Waals surface area contributed by atoms with Crippen molar-refractivity contribution in [1.29, 1.82) is 0 Å². The lowest BCUT2D eigenvalue weighted by Gasteiger charge is -2.19. The third-order valence-corrected chi connectivity index (χ3v) is 5.63. The molecule has 6 nitrogen and oxygen atoms in total. The number of nitrogens with zero attached hydrogens (tertiary/aromatic N) is 1. The van der Waals surface area contributed by atoms with E-state index in [4.69, 9.17) is 22.1 Å². The second-order valence-corrected chi connectivity index (χ2v) is 8.08. The molecule has 1 unspecified atom stereocenters. The minimum atomic E-state index is -0.768. The van der Waals surface area contributed by atoms with Crippen LogP contribution in [0.1, 0.15) is 12.5 Å². The molecule has 0 bridgehead atoms. The number of thiol groups is 1. The van der Waals surface area contributed by atoms with Crippen LogP contribution in [-0.4, -0.2) is 35.3 Å². The first-order chi connectivity index (χ1) is 15.5. The predicted octanol–water partition coefficient (Wildman–Crippen LogP) is 4.15. The number of benzene rings is 2. The molecule has 3 rings (SSSR count). The summed E-state index contributed by atoms with van der Waals surface area (Å²) >= 11 is 10.4. The van der Waals surface area contributed by atoms with E-state index in [1.165, 1.54) is 0 Å². The number of anilines is 1. The Morgan fingerprint density at radius 3 is 2.56 bits per heavy atom. The van der Waals surface area contributed by atoms with Crippen molar-refractivity contribution in [3.63, 3.8) is 0 Å². The number of nitrogens with two attached hydrogens (primary N) is 1. The van der Waals surface area contributed by atoms with Crippen molar-refractivity contribution in [1.82, 2.24) is 10.3 Å². The number of carbonyl (C=O) groups excluding carboxylic acids is 1. The number of rotatable bonds is 10. The standard InChI is InChI=1S/C24H27ClN4O2S/c1-16(23(30)28-13-18-9-5-6-10-20(18)25)31-24-22(27-14-19(26)15-32)12-11-21(29-24)17-7-3-2-4-8-17/h2-12,16,19,27,32H,13-15,26H2,1H3,(H,28,30)/t16-,19?/m1/s1. The Kier molecular flexibility index (Phi) is 8.79. The number of aromatic nitrogens is 1. The fourth-order valence-corrected chi connectivity index (χ4v) is 3.26. The van der Waals surface area contributed by atoms with Gasteiger partial charge in [-0.1, -0.05) is 60.1 Å². The molecule has 0 aliphatic carbocycles. The van der Waals surface area contributed by atoms with Gasteiger partial charge >= 0.3 is 0 Å². The molecule has 0 spiro atoms. The molecular formula is C24H27ClN4O2S. The molecule has 2 aromatic carbocycles. The SMILES string of the molecule is C[C@@H](Oc1nc(-c2ccccc2)ccc1NCC(N)CS)C(=O)NCc1ccccc1Cl. The minimum Gasteiger partial charge on any atom is -0.463 e. The van der Waals surface area contributed by atoms with Gasteiger partial charge < -0.3 is 21.1 Å². The molecular weight excluding hydrogens is 444 g/mol. The Morgan fingerprint density at radius 2 is 1.84 bits per heavy atom. The van der Waals surface area contributed by atoms with E-state index >= 15 is 0 Å². The molecule has 168 valence electrons. The summed E-state index contributed by atoms with van der Waals surface area (Å²) < 4.78 is 5.98. The highest BCUT2D eigenvalue weighted by atomic mass is 35.5. The van der Waals surface area contributed by atoms with Crippen molar-refractivity contribution >= 4 is 35.8 Å². The highest BCUT2D eigenvalue weighted by Gasteiger charge is 2.19. The highest BCUT2D eigenvalue weighted by Crippen LogP contribution is 2.28. The molecule has 0 aliphatic rings. The third kappa shape index (κ3) is 6.63. The van der Waals surface area contributed by atoms with Gasteiger partial charge in [-0.15, -0.1) is 0 Å². The Bertz CT molecular complexity index is 1040. The summed E-state index contributed by atoms with van der Waals surface area (Å²) in [4.78, 5) is 17.3. The maximum absolute atomic E-state index is 12.7. The number of hydrogen-bond donors (Lipinski definition) is 4. The second-order valence-electron chi connectivity index (χ2n) is 7.31. The molecule has 1 amide bonds. The van der Waals surface area contributed by atoms with E-state index in [-0.39, 0.29) is 11.9 Å². The molecule has 32 heavy (non-hydrogen) atoms. The first-order valence-corrected chi connectivity index (χ1v) is 11.3. The monoisotopic (exact) mass is 470 g/mol. The quantitative estimate of drug-likeness (QED) is 0.334. The third-order valence-electron chi connectivity index (χ3n) is 4.79. The van der Waals surface area contributed by atoms with Crippen LogP contribution in [0, 0.1) is 0 Å². The number of pyridine rings is 1. The maximum Gasteiger partial charge on any atom is 0.261 e. The van der Waals surface area contributed by atoms with Gasteiger partial charge in [0.1, 0.15) is 0 Å². The van der Waals surface area contributed by atoms with Gasteiger partial charge in [-0.2, -0.15) is 12.6 Å². The van der Waals surface area contributed by atoms with Crippen LogP contribution in [0.25, 0.3) is 11.3 Å². The lowest BCUT2D eigenvalue weighted by Crippen LogP contribution is -2.36. The van der Waals surface area contributed by atoms with Gasteiger partial charge in [0.2, 0.25) is 5.88 Å². The number of ether oxygens (including phenoxy) is 1. The van der Waals surface area contributed by atoms with Crippen LogP contribution in [0.5, 0.6) is 5.88 Å². The van der Waals surface area contributed by atoms with E-state index in [0.29, 0.717) is 35.4 Å². The van der Waals surface area contributed by atoms with Gasteiger partial charge in [-0.3, -0.25) is 4.79 Å². The van der Waals surface area contributed by atoms with Gasteiger partial charge in [0.05, 0.1) is 11.4 Å². The fraction of sp³-hybridized carbons (Fsp3) is 0.250. The molecule has 0 saturated carbocycles. The maximum atomic E-state index is 12.7. The van der Waals surface area contributed by atoms with Crippen molar-refractivity contribution in [2.75, 3.05) is 17.6 Å². The van der Waals surface area contributed by atoms with Gasteiger partial charge in [-0.05, 0) is 30.7 Å². The van der Waals surface area contributed by atoms with Crippen molar-refractivity contribution < 1.29 is 9.53 Å². The Hall–Kier alpha value is -2.74. The zero-order chi connectivity index (χ0) is 22.9. The average Bonchev–Trinajstić information content (AvgIpc) is 2.82. The second kappa shape index (κ2) is 11.8. The molecule has 0 radical (unpaired) electrons. The van der Waals surface area contributed by atoms with Crippen LogP contribution >= 0.6 is 24.2 Å². The molecule has 3 aromatic rings. The normalized spacial score (nSPS) is 12.6. The number of nitrogens with one attached hydrogen (secondary N) is 2. The largest absolute Gasteiger partial charge is 0.463 e. The summed E-state index contributed by atoms with van der Waals surface area (Å²) in [5.74, 6) is 0.604. The van der Waals surface area contributed by atoms with Gasteiger partial charge in [0.15, 0.2) is 6.10 Å². The molecule has 2 atom stereocenters. The Labute approximate surface area is 198 Å². The molecule has 4 N–H and O–H groups in total. The number of halogens is 1. The number of hydrogen-bond acceptors (Lipinski definition) is 6. The smallest absolute Gasteiger partial charge is 0.261 e. The summed E-state index contributed by atoms with van der Waals surface area (Å²) in [7, 11) is 0. The van der Waals surface area contributed by atoms with Crippen LogP contribution in [0.4, 0.5) is 5.69 Å². The van der Waals surface area contributed by atoms with E-state index < -0.39 is 6.10 Å². The lowest BCUT2D eigenvalue weighted by atomic mass is 10.1. The van der Waals surface area contributed by atoms with E-state index in [9.17, 15) is 4.79 Å². The zero-order valence-electron chi connectivity index (χ0n) is 17.8. The molecule has 0 fully saturated rings. The molecule has 8 heteroatoms. The Balaban J connectivity index is 1.75. The summed E-state index contributed by atoms with van der Waals surface area (Å²) in [6.07, 6.45) is -0.768. The van der Waals surface area contributed by atoms with E-state index in [1.54, 1.807) is 13.0 Å². The Morgan fingerprint density at radius 1 is 1.12 bits per heavy atom. The highest BCUT2D eigenvalue weighted by molar-refractivity contribution is 7.80. The van der Waals surface area contributed by atoms with Gasteiger partial charge in [-0.25, -0.2) is 4.98 Å². The molecule has 0 aliphatic heterocycles. The predicted molar refractivity (Wildman–Crippen MR) is 133 cm³/mol. The van der Waals surface area contributed by atoms with Crippen LogP contribution < -0.4 is 21.1 Å². The van der Waals surface area contributed by atoms with Gasteiger partial charge in [0.25, 0.3) is 5.91 Å². The van der Waals surface area contributed by atoms with Crippen molar-refractivity contribution in [2.45, 2.75) is 25.6 Å². The lowest BCUT2D eigenvalue weighted by molar-refractivity contribution is -0.127. The van der Waals surface area contributed by atoms with E-state index in [0.717, 1.165) is 16.8 Å². The van der Waals surface area contributed by atoms with Crippen molar-refractivity contribution in [3.8, 4) is 17.1 Å².